The first-order valence-electron chi connectivity index (χ1n) is 8.53. The van der Waals surface area contributed by atoms with E-state index in [0.717, 1.165) is 22.4 Å². The van der Waals surface area contributed by atoms with Gasteiger partial charge in [-0.1, -0.05) is 6.07 Å². The summed E-state index contributed by atoms with van der Waals surface area (Å²) in [5, 5.41) is 0. The number of hydrogen-bond donors (Lipinski definition) is 1. The number of carbonyl (C=O) groups excluding carboxylic acids is 2. The Morgan fingerprint density at radius 2 is 1.75 bits per heavy atom. The van der Waals surface area contributed by atoms with E-state index in [-0.39, 0.29) is 18.2 Å². The molecule has 3 rings (SSSR count). The van der Waals surface area contributed by atoms with Crippen LogP contribution in [-0.4, -0.2) is 16.7 Å². The number of nitrogens with two attached hydrogens (primary N) is 1. The molecule has 6 heteroatoms. The van der Waals surface area contributed by atoms with Crippen LogP contribution in [0.4, 0.5) is 0 Å². The minimum Gasteiger partial charge on any atom is -0.489 e. The molecule has 3 aromatic rings. The van der Waals surface area contributed by atoms with Crippen LogP contribution in [0.2, 0.25) is 0 Å². The van der Waals surface area contributed by atoms with E-state index in [1.165, 1.54) is 6.92 Å². The van der Waals surface area contributed by atoms with Gasteiger partial charge in [-0.25, -0.2) is 0 Å². The highest BCUT2D eigenvalue weighted by Gasteiger charge is 2.08. The maximum absolute atomic E-state index is 11.4. The number of benzene rings is 2. The molecule has 0 fully saturated rings. The van der Waals surface area contributed by atoms with Crippen LogP contribution in [0.1, 0.15) is 38.8 Å². The third-order valence-electron chi connectivity index (χ3n) is 4.28. The van der Waals surface area contributed by atoms with Crippen molar-refractivity contribution < 1.29 is 14.3 Å². The topological polar surface area (TPSA) is 82.3 Å². The molecule has 0 aliphatic heterocycles. The molecule has 0 radical (unpaired) electrons. The first-order valence-corrected chi connectivity index (χ1v) is 8.53. The van der Waals surface area contributed by atoms with Crippen molar-refractivity contribution in [1.82, 2.24) is 4.98 Å². The maximum Gasteiger partial charge on any atom is 0.248 e. The highest BCUT2D eigenvalue weighted by Crippen LogP contribution is 2.22. The van der Waals surface area contributed by atoms with Gasteiger partial charge in [-0.15, -0.1) is 12.4 Å². The minimum absolute atomic E-state index is 0. The largest absolute Gasteiger partial charge is 0.489 e. The van der Waals surface area contributed by atoms with Crippen molar-refractivity contribution in [3.05, 3.63) is 83.0 Å². The second-order valence-corrected chi connectivity index (χ2v) is 6.31. The number of rotatable bonds is 6. The van der Waals surface area contributed by atoms with Crippen molar-refractivity contribution in [3.8, 4) is 17.0 Å². The number of nitrogens with zero attached hydrogens (tertiary/aromatic N) is 1. The first-order chi connectivity index (χ1) is 12.9. The van der Waals surface area contributed by atoms with Crippen molar-refractivity contribution in [1.29, 1.82) is 0 Å². The monoisotopic (exact) mass is 396 g/mol. The number of amides is 1. The second-order valence-electron chi connectivity index (χ2n) is 6.31. The molecule has 1 amide bonds. The molecule has 2 N–H and O–H groups in total. The van der Waals surface area contributed by atoms with Crippen LogP contribution in [0.15, 0.2) is 60.8 Å². The lowest BCUT2D eigenvalue weighted by molar-refractivity contribution is 0.0995. The molecule has 144 valence electrons. The fourth-order valence-electron chi connectivity index (χ4n) is 2.77. The summed E-state index contributed by atoms with van der Waals surface area (Å²) >= 11 is 0. The Morgan fingerprint density at radius 3 is 2.36 bits per heavy atom. The van der Waals surface area contributed by atoms with E-state index in [9.17, 15) is 9.59 Å². The number of aryl methyl sites for hydroxylation is 1. The summed E-state index contributed by atoms with van der Waals surface area (Å²) in [5.41, 5.74) is 10.0. The zero-order chi connectivity index (χ0) is 19.4. The number of ether oxygens (including phenoxy) is 1. The Kier molecular flexibility index (Phi) is 6.90. The van der Waals surface area contributed by atoms with Crippen LogP contribution in [0.3, 0.4) is 0 Å². The van der Waals surface area contributed by atoms with E-state index < -0.39 is 5.91 Å². The van der Waals surface area contributed by atoms with Crippen LogP contribution in [-0.2, 0) is 6.61 Å². The average Bonchev–Trinajstić information content (AvgIpc) is 2.66. The van der Waals surface area contributed by atoms with Crippen molar-refractivity contribution in [3.63, 3.8) is 0 Å². The first kappa shape index (κ1) is 21.1. The summed E-state index contributed by atoms with van der Waals surface area (Å²) < 4.78 is 5.79. The van der Waals surface area contributed by atoms with Gasteiger partial charge in [-0.3, -0.25) is 14.6 Å². The molecular weight excluding hydrogens is 376 g/mol. The molecule has 28 heavy (non-hydrogen) atoms. The number of halogens is 1. The lowest BCUT2D eigenvalue weighted by Crippen LogP contribution is -2.12. The highest BCUT2D eigenvalue weighted by molar-refractivity contribution is 5.95. The van der Waals surface area contributed by atoms with Gasteiger partial charge < -0.3 is 10.5 Å². The minimum atomic E-state index is -0.440. The van der Waals surface area contributed by atoms with E-state index in [2.05, 4.69) is 4.98 Å². The zero-order valence-corrected chi connectivity index (χ0v) is 16.5. The van der Waals surface area contributed by atoms with Gasteiger partial charge in [0.25, 0.3) is 0 Å². The van der Waals surface area contributed by atoms with Gasteiger partial charge in [0.05, 0.1) is 5.69 Å². The SMILES string of the molecule is CC(=O)c1ccc(OCc2ccnc(-c3ccc(C(N)=O)c(C)c3)c2)cc1.Cl. The van der Waals surface area contributed by atoms with E-state index in [1.807, 2.05) is 31.2 Å². The third-order valence-corrected chi connectivity index (χ3v) is 4.28. The Bertz CT molecular complexity index is 1000. The molecule has 5 nitrogen and oxygen atoms in total. The summed E-state index contributed by atoms with van der Waals surface area (Å²) in [6, 6.07) is 16.3. The lowest BCUT2D eigenvalue weighted by atomic mass is 10.0. The molecule has 0 spiro atoms. The van der Waals surface area contributed by atoms with Gasteiger partial charge >= 0.3 is 0 Å². The number of hydrogen-bond acceptors (Lipinski definition) is 4. The predicted molar refractivity (Wildman–Crippen MR) is 111 cm³/mol. The predicted octanol–water partition coefficient (Wildman–Crippen LogP) is 4.36. The molecule has 1 heterocycles. The van der Waals surface area contributed by atoms with Gasteiger partial charge in [-0.2, -0.15) is 0 Å². The Morgan fingerprint density at radius 1 is 1.04 bits per heavy atom. The van der Waals surface area contributed by atoms with E-state index in [1.54, 1.807) is 36.5 Å². The highest BCUT2D eigenvalue weighted by atomic mass is 35.5. The van der Waals surface area contributed by atoms with Crippen LogP contribution in [0.5, 0.6) is 5.75 Å². The molecule has 0 saturated heterocycles. The molecule has 2 aromatic carbocycles. The Hall–Kier alpha value is -3.18. The van der Waals surface area contributed by atoms with Crippen LogP contribution in [0, 0.1) is 6.92 Å². The summed E-state index contributed by atoms with van der Waals surface area (Å²) in [4.78, 5) is 27.1. The zero-order valence-electron chi connectivity index (χ0n) is 15.6. The molecule has 0 aliphatic rings. The fourth-order valence-corrected chi connectivity index (χ4v) is 2.77. The Balaban J connectivity index is 0.00000280. The number of pyridine rings is 1. The molecule has 1 aromatic heterocycles. The van der Waals surface area contributed by atoms with Crippen molar-refractivity contribution in [2.24, 2.45) is 5.73 Å². The smallest absolute Gasteiger partial charge is 0.248 e. The van der Waals surface area contributed by atoms with Gasteiger partial charge in [0, 0.05) is 22.9 Å². The van der Waals surface area contributed by atoms with E-state index >= 15 is 0 Å². The summed E-state index contributed by atoms with van der Waals surface area (Å²) in [5.74, 6) is 0.281. The average molecular weight is 397 g/mol. The van der Waals surface area contributed by atoms with Gasteiger partial charge in [0.15, 0.2) is 5.78 Å². The quantitative estimate of drug-likeness (QED) is 0.627. The van der Waals surface area contributed by atoms with Gasteiger partial charge in [-0.05, 0) is 73.5 Å². The summed E-state index contributed by atoms with van der Waals surface area (Å²) in [6.07, 6.45) is 1.73. The van der Waals surface area contributed by atoms with Crippen LogP contribution in [0.25, 0.3) is 11.3 Å². The third kappa shape index (κ3) is 4.96. The number of carbonyl (C=O) groups is 2. The van der Waals surface area contributed by atoms with Crippen molar-refractivity contribution in [2.75, 3.05) is 0 Å². The molecule has 0 bridgehead atoms. The molecule has 0 atom stereocenters. The van der Waals surface area contributed by atoms with Crippen molar-refractivity contribution >= 4 is 24.1 Å². The second kappa shape index (κ2) is 9.15. The fraction of sp³-hybridized carbons (Fsp3) is 0.136. The standard InChI is InChI=1S/C22H20N2O3.ClH/c1-14-11-18(5-8-20(14)22(23)26)21-12-16(9-10-24-21)13-27-19-6-3-17(4-7-19)15(2)25;/h3-12H,13H2,1-2H3,(H2,23,26);1H. The number of aromatic nitrogens is 1. The maximum atomic E-state index is 11.4. The molecule has 0 unspecified atom stereocenters. The summed E-state index contributed by atoms with van der Waals surface area (Å²) in [6.45, 7) is 3.76. The lowest BCUT2D eigenvalue weighted by Gasteiger charge is -2.09. The molecule has 0 saturated carbocycles. The van der Waals surface area contributed by atoms with Crippen molar-refractivity contribution in [2.45, 2.75) is 20.5 Å². The van der Waals surface area contributed by atoms with Crippen LogP contribution < -0.4 is 10.5 Å². The number of primary amides is 1. The van der Waals surface area contributed by atoms with E-state index in [0.29, 0.717) is 23.5 Å². The Labute approximate surface area is 170 Å². The normalized spacial score (nSPS) is 10.1. The van der Waals surface area contributed by atoms with E-state index in [4.69, 9.17) is 10.5 Å². The van der Waals surface area contributed by atoms with Gasteiger partial charge in [0.2, 0.25) is 5.91 Å². The van der Waals surface area contributed by atoms with Crippen LogP contribution >= 0.6 is 12.4 Å². The molecular formula is C22H21ClN2O3. The number of ketones is 1. The van der Waals surface area contributed by atoms with Gasteiger partial charge in [0.1, 0.15) is 12.4 Å². The number of Topliss-reactive ketones (excluding diaryl/α,β-unsaturated/α-hetero) is 1. The summed E-state index contributed by atoms with van der Waals surface area (Å²) in [7, 11) is 0. The molecule has 0 aliphatic carbocycles.